The van der Waals surface area contributed by atoms with Crippen LogP contribution in [0.15, 0.2) is 40.4 Å². The minimum atomic E-state index is -0.809. The Morgan fingerprint density at radius 3 is 2.66 bits per heavy atom. The summed E-state index contributed by atoms with van der Waals surface area (Å²) in [4.78, 5) is 13.9. The Hall–Kier alpha value is -2.58. The standard InChI is InChI=1S/C21H29N5O2S/c1-14-8-6-7-9-17(14)18-15(2)19(28-11-10-21(3,4)27)25-20(24-18)26-29-16(12-22)13-23-5/h6-9,12-13,27H,10-11,22H2,1-5H3,(H,24,25,26). The molecule has 1 aromatic carbocycles. The summed E-state index contributed by atoms with van der Waals surface area (Å²) in [6.07, 6.45) is 3.59. The summed E-state index contributed by atoms with van der Waals surface area (Å²) >= 11 is 1.27. The highest BCUT2D eigenvalue weighted by molar-refractivity contribution is 8.05. The van der Waals surface area contributed by atoms with Crippen molar-refractivity contribution in [3.63, 3.8) is 0 Å². The van der Waals surface area contributed by atoms with Gasteiger partial charge in [0, 0.05) is 37.0 Å². The van der Waals surface area contributed by atoms with Crippen LogP contribution in [0.4, 0.5) is 5.95 Å². The molecule has 0 bridgehead atoms. The summed E-state index contributed by atoms with van der Waals surface area (Å²) in [5.41, 5.74) is 8.57. The molecule has 0 unspecified atom stereocenters. The highest BCUT2D eigenvalue weighted by atomic mass is 32.2. The Morgan fingerprint density at radius 2 is 2.03 bits per heavy atom. The summed E-state index contributed by atoms with van der Waals surface area (Å²) in [5, 5.41) is 9.95. The van der Waals surface area contributed by atoms with Gasteiger partial charge in [0.2, 0.25) is 11.8 Å². The lowest BCUT2D eigenvalue weighted by atomic mass is 10.0. The number of rotatable bonds is 9. The fourth-order valence-electron chi connectivity index (χ4n) is 2.52. The van der Waals surface area contributed by atoms with Gasteiger partial charge >= 0.3 is 0 Å². The van der Waals surface area contributed by atoms with E-state index in [9.17, 15) is 5.11 Å². The van der Waals surface area contributed by atoms with E-state index < -0.39 is 5.60 Å². The van der Waals surface area contributed by atoms with Gasteiger partial charge in [0.25, 0.3) is 0 Å². The predicted octanol–water partition coefficient (Wildman–Crippen LogP) is 3.86. The van der Waals surface area contributed by atoms with E-state index in [0.717, 1.165) is 27.3 Å². The summed E-state index contributed by atoms with van der Waals surface area (Å²) in [7, 11) is 1.68. The van der Waals surface area contributed by atoms with Gasteiger partial charge in [-0.3, -0.25) is 9.71 Å². The van der Waals surface area contributed by atoms with E-state index >= 15 is 0 Å². The van der Waals surface area contributed by atoms with Crippen LogP contribution in [0, 0.1) is 13.8 Å². The van der Waals surface area contributed by atoms with Crippen molar-refractivity contribution in [2.75, 3.05) is 18.4 Å². The van der Waals surface area contributed by atoms with E-state index in [1.54, 1.807) is 27.1 Å². The first-order valence-electron chi connectivity index (χ1n) is 9.32. The molecule has 1 heterocycles. The lowest BCUT2D eigenvalue weighted by Gasteiger charge is -2.19. The minimum absolute atomic E-state index is 0.345. The van der Waals surface area contributed by atoms with Crippen LogP contribution < -0.4 is 15.2 Å². The molecule has 0 aliphatic heterocycles. The van der Waals surface area contributed by atoms with E-state index in [1.165, 1.54) is 18.1 Å². The molecule has 0 spiro atoms. The number of aryl methyl sites for hydroxylation is 1. The molecule has 2 rings (SSSR count). The average Bonchev–Trinajstić information content (AvgIpc) is 2.66. The normalized spacial score (nSPS) is 12.4. The van der Waals surface area contributed by atoms with Gasteiger partial charge in [-0.15, -0.1) is 0 Å². The number of aliphatic hydroxyl groups is 1. The number of nitrogens with one attached hydrogen (secondary N) is 1. The number of hydrogen-bond donors (Lipinski definition) is 3. The topological polar surface area (TPSA) is 106 Å². The van der Waals surface area contributed by atoms with Gasteiger partial charge in [-0.05, 0) is 45.2 Å². The zero-order valence-electron chi connectivity index (χ0n) is 17.6. The number of anilines is 1. The molecule has 0 amide bonds. The van der Waals surface area contributed by atoms with Crippen LogP contribution >= 0.6 is 11.9 Å². The van der Waals surface area contributed by atoms with Gasteiger partial charge < -0.3 is 15.6 Å². The number of aromatic nitrogens is 2. The van der Waals surface area contributed by atoms with Crippen molar-refractivity contribution in [3.8, 4) is 17.1 Å². The van der Waals surface area contributed by atoms with Crippen molar-refractivity contribution >= 4 is 24.1 Å². The SMILES string of the molecule is CN=CC(=CN)SNc1nc(OCCC(C)(C)O)c(C)c(-c2ccccc2C)n1. The third kappa shape index (κ3) is 6.76. The third-order valence-corrected chi connectivity index (χ3v) is 4.90. The number of hydrogen-bond acceptors (Lipinski definition) is 8. The van der Waals surface area contributed by atoms with Crippen molar-refractivity contribution < 1.29 is 9.84 Å². The van der Waals surface area contributed by atoms with Crippen LogP contribution in [-0.4, -0.2) is 40.5 Å². The summed E-state index contributed by atoms with van der Waals surface area (Å²) in [5.74, 6) is 0.883. The smallest absolute Gasteiger partial charge is 0.237 e. The van der Waals surface area contributed by atoms with E-state index in [1.807, 2.05) is 38.1 Å². The molecule has 2 aromatic rings. The van der Waals surface area contributed by atoms with Crippen LogP contribution in [0.3, 0.4) is 0 Å². The molecule has 0 saturated heterocycles. The lowest BCUT2D eigenvalue weighted by Crippen LogP contribution is -2.22. The monoisotopic (exact) mass is 415 g/mol. The molecular formula is C21H29N5O2S. The summed E-state index contributed by atoms with van der Waals surface area (Å²) in [6, 6.07) is 8.04. The van der Waals surface area contributed by atoms with Crippen molar-refractivity contribution in [1.29, 1.82) is 0 Å². The minimum Gasteiger partial charge on any atom is -0.477 e. The highest BCUT2D eigenvalue weighted by Crippen LogP contribution is 2.31. The first-order chi connectivity index (χ1) is 13.7. The van der Waals surface area contributed by atoms with Crippen molar-refractivity contribution in [2.45, 2.75) is 39.7 Å². The molecule has 4 N–H and O–H groups in total. The Labute approximate surface area is 176 Å². The molecule has 0 saturated carbocycles. The van der Waals surface area contributed by atoms with Crippen LogP contribution in [0.25, 0.3) is 11.3 Å². The maximum atomic E-state index is 9.95. The second-order valence-corrected chi connectivity index (χ2v) is 8.09. The molecule has 0 atom stereocenters. The van der Waals surface area contributed by atoms with Crippen molar-refractivity contribution in [2.24, 2.45) is 10.7 Å². The second kappa shape index (κ2) is 10.3. The number of benzene rings is 1. The highest BCUT2D eigenvalue weighted by Gasteiger charge is 2.17. The fourth-order valence-corrected chi connectivity index (χ4v) is 3.04. The molecule has 29 heavy (non-hydrogen) atoms. The molecule has 0 aliphatic carbocycles. The Morgan fingerprint density at radius 1 is 1.31 bits per heavy atom. The zero-order chi connectivity index (χ0) is 21.4. The van der Waals surface area contributed by atoms with E-state index in [-0.39, 0.29) is 0 Å². The first-order valence-corrected chi connectivity index (χ1v) is 10.1. The van der Waals surface area contributed by atoms with Crippen LogP contribution in [0.2, 0.25) is 0 Å². The molecule has 0 aliphatic rings. The maximum Gasteiger partial charge on any atom is 0.237 e. The molecule has 0 fully saturated rings. The lowest BCUT2D eigenvalue weighted by molar-refractivity contribution is 0.0546. The van der Waals surface area contributed by atoms with Gasteiger partial charge in [0.15, 0.2) is 0 Å². The largest absolute Gasteiger partial charge is 0.477 e. The Kier molecular flexibility index (Phi) is 8.04. The number of nitrogens with two attached hydrogens (primary N) is 1. The van der Waals surface area contributed by atoms with Gasteiger partial charge in [-0.25, -0.2) is 4.98 Å². The van der Waals surface area contributed by atoms with E-state index in [2.05, 4.69) is 14.7 Å². The average molecular weight is 416 g/mol. The van der Waals surface area contributed by atoms with Gasteiger partial charge in [-0.1, -0.05) is 24.3 Å². The molecular weight excluding hydrogens is 386 g/mol. The molecule has 1 aromatic heterocycles. The number of nitrogens with zero attached hydrogens (tertiary/aromatic N) is 3. The third-order valence-electron chi connectivity index (χ3n) is 4.13. The zero-order valence-corrected chi connectivity index (χ0v) is 18.4. The quantitative estimate of drug-likeness (QED) is 0.422. The molecule has 7 nitrogen and oxygen atoms in total. The first kappa shape index (κ1) is 22.7. The Bertz CT molecular complexity index is 891. The molecule has 0 radical (unpaired) electrons. The molecule has 156 valence electrons. The second-order valence-electron chi connectivity index (χ2n) is 7.21. The van der Waals surface area contributed by atoms with E-state index in [0.29, 0.717) is 24.9 Å². The van der Waals surface area contributed by atoms with E-state index in [4.69, 9.17) is 15.5 Å². The van der Waals surface area contributed by atoms with Crippen LogP contribution in [0.5, 0.6) is 5.88 Å². The van der Waals surface area contributed by atoms with Crippen LogP contribution in [0.1, 0.15) is 31.4 Å². The van der Waals surface area contributed by atoms with Crippen molar-refractivity contribution in [3.05, 3.63) is 46.5 Å². The fraction of sp³-hybridized carbons (Fsp3) is 0.381. The molecule has 8 heteroatoms. The summed E-state index contributed by atoms with van der Waals surface area (Å²) in [6.45, 7) is 7.83. The van der Waals surface area contributed by atoms with Crippen molar-refractivity contribution in [1.82, 2.24) is 9.97 Å². The van der Waals surface area contributed by atoms with Crippen LogP contribution in [-0.2, 0) is 0 Å². The Balaban J connectivity index is 2.38. The number of aliphatic imine (C=N–C) groups is 1. The van der Waals surface area contributed by atoms with Gasteiger partial charge in [-0.2, -0.15) is 4.98 Å². The maximum absolute atomic E-state index is 9.95. The summed E-state index contributed by atoms with van der Waals surface area (Å²) < 4.78 is 9.02. The van der Waals surface area contributed by atoms with Gasteiger partial charge in [0.05, 0.1) is 22.8 Å². The van der Waals surface area contributed by atoms with Gasteiger partial charge in [0.1, 0.15) is 0 Å². The predicted molar refractivity (Wildman–Crippen MR) is 121 cm³/mol. The number of allylic oxidation sites excluding steroid dienone is 1. The number of ether oxygens (including phenoxy) is 1.